The third kappa shape index (κ3) is 2.50. The zero-order chi connectivity index (χ0) is 11.0. The van der Waals surface area contributed by atoms with Crippen LogP contribution < -0.4 is 0 Å². The molecule has 1 heterocycles. The lowest BCUT2D eigenvalue weighted by atomic mass is 9.80. The van der Waals surface area contributed by atoms with Gasteiger partial charge in [-0.15, -0.1) is 0 Å². The van der Waals surface area contributed by atoms with Crippen molar-refractivity contribution in [1.29, 1.82) is 0 Å². The quantitative estimate of drug-likeness (QED) is 0.567. The lowest BCUT2D eigenvalue weighted by Gasteiger charge is -2.22. The molecule has 2 rings (SSSR count). The second-order valence-electron chi connectivity index (χ2n) is 4.40. The molecule has 0 aromatic heterocycles. The van der Waals surface area contributed by atoms with Gasteiger partial charge in [0.1, 0.15) is 0 Å². The summed E-state index contributed by atoms with van der Waals surface area (Å²) in [4.78, 5) is 24.3. The Kier molecular flexibility index (Phi) is 2.69. The van der Waals surface area contributed by atoms with Crippen molar-refractivity contribution in [1.82, 2.24) is 4.90 Å². The van der Waals surface area contributed by atoms with Crippen LogP contribution >= 0.6 is 0 Å². The highest BCUT2D eigenvalue weighted by Gasteiger charge is 2.51. The number of rotatable bonds is 1. The minimum Gasteiger partial charge on any atom is -0.498 e. The first-order valence-electron chi connectivity index (χ1n) is 5.14. The molecule has 0 amide bonds. The normalized spacial score (nSPS) is 32.8. The Labute approximate surface area is 88.8 Å². The van der Waals surface area contributed by atoms with Gasteiger partial charge in [0.25, 0.3) is 0 Å². The van der Waals surface area contributed by atoms with Gasteiger partial charge in [0.05, 0.1) is 13.1 Å². The van der Waals surface area contributed by atoms with Crippen LogP contribution in [-0.2, 0) is 18.9 Å². The zero-order valence-corrected chi connectivity index (χ0v) is 8.93. The molecule has 1 saturated carbocycles. The first-order valence-corrected chi connectivity index (χ1v) is 5.14. The summed E-state index contributed by atoms with van der Waals surface area (Å²) in [5.41, 5.74) is 0. The molecule has 2 aliphatic rings. The lowest BCUT2D eigenvalue weighted by Crippen LogP contribution is -2.42. The molecule has 5 nitrogen and oxygen atoms in total. The minimum atomic E-state index is -0.659. The van der Waals surface area contributed by atoms with E-state index < -0.39 is 7.12 Å². The SMILES string of the molecule is C[C@H]1C[C@@H]1B1OC(=O)CN(C)CC(=O)O1. The van der Waals surface area contributed by atoms with Gasteiger partial charge >= 0.3 is 19.1 Å². The molecule has 0 radical (unpaired) electrons. The number of hydrogen-bond acceptors (Lipinski definition) is 5. The molecule has 0 N–H and O–H groups in total. The maximum atomic E-state index is 11.3. The largest absolute Gasteiger partial charge is 0.602 e. The molecule has 1 aliphatic heterocycles. The molecule has 0 aromatic carbocycles. The number of carbonyl (C=O) groups is 2. The second kappa shape index (κ2) is 3.85. The van der Waals surface area contributed by atoms with E-state index in [0.29, 0.717) is 5.92 Å². The Bertz CT molecular complexity index is 276. The molecular weight excluding hydrogens is 197 g/mol. The van der Waals surface area contributed by atoms with Crippen molar-refractivity contribution < 1.29 is 18.9 Å². The van der Waals surface area contributed by atoms with Gasteiger partial charge in [-0.3, -0.25) is 14.5 Å². The van der Waals surface area contributed by atoms with Crippen LogP contribution in [0.3, 0.4) is 0 Å². The standard InChI is InChI=1S/C9H14BNO4/c1-6-3-7(6)10-14-8(12)4-11(2)5-9(13)15-10/h6-7H,3-5H2,1-2H3/t6-,7-/m0/s1. The smallest absolute Gasteiger partial charge is 0.498 e. The van der Waals surface area contributed by atoms with Gasteiger partial charge in [0.15, 0.2) is 0 Å². The second-order valence-corrected chi connectivity index (χ2v) is 4.40. The zero-order valence-electron chi connectivity index (χ0n) is 8.93. The fraction of sp³-hybridized carbons (Fsp3) is 0.778. The van der Waals surface area contributed by atoms with Gasteiger partial charge in [0, 0.05) is 5.82 Å². The molecule has 0 spiro atoms. The Morgan fingerprint density at radius 1 is 1.27 bits per heavy atom. The maximum absolute atomic E-state index is 11.3. The van der Waals surface area contributed by atoms with Crippen molar-refractivity contribution in [3.8, 4) is 0 Å². The summed E-state index contributed by atoms with van der Waals surface area (Å²) in [6, 6.07) is 0. The van der Waals surface area contributed by atoms with Crippen molar-refractivity contribution in [2.45, 2.75) is 19.2 Å². The molecule has 82 valence electrons. The number of nitrogens with zero attached hydrogens (tertiary/aromatic N) is 1. The molecule has 0 aromatic rings. The van der Waals surface area contributed by atoms with Crippen molar-refractivity contribution >= 4 is 19.1 Å². The molecular formula is C9H14BNO4. The summed E-state index contributed by atoms with van der Waals surface area (Å²) in [6.45, 7) is 2.34. The van der Waals surface area contributed by atoms with Gasteiger partial charge < -0.3 is 9.31 Å². The van der Waals surface area contributed by atoms with Gasteiger partial charge in [0.2, 0.25) is 0 Å². The van der Waals surface area contributed by atoms with E-state index in [0.717, 1.165) is 6.42 Å². The first kappa shape index (κ1) is 10.5. The predicted molar refractivity (Wildman–Crippen MR) is 53.0 cm³/mol. The van der Waals surface area contributed by atoms with Crippen LogP contribution in [0, 0.1) is 5.92 Å². The van der Waals surface area contributed by atoms with Crippen LogP contribution in [-0.4, -0.2) is 44.1 Å². The molecule has 6 heteroatoms. The maximum Gasteiger partial charge on any atom is 0.602 e. The Morgan fingerprint density at radius 2 is 1.73 bits per heavy atom. The fourth-order valence-corrected chi connectivity index (χ4v) is 1.76. The molecule has 0 bridgehead atoms. The van der Waals surface area contributed by atoms with E-state index >= 15 is 0 Å². The number of carbonyl (C=O) groups excluding carboxylic acids is 2. The molecule has 15 heavy (non-hydrogen) atoms. The number of hydrogen-bond donors (Lipinski definition) is 0. The third-order valence-corrected chi connectivity index (χ3v) is 2.81. The summed E-state index contributed by atoms with van der Waals surface area (Å²) >= 11 is 0. The van der Waals surface area contributed by atoms with Crippen LogP contribution in [0.4, 0.5) is 0 Å². The highest BCUT2D eigenvalue weighted by Crippen LogP contribution is 2.47. The van der Waals surface area contributed by atoms with E-state index in [1.807, 2.05) is 0 Å². The fourth-order valence-electron chi connectivity index (χ4n) is 1.76. The summed E-state index contributed by atoms with van der Waals surface area (Å²) in [6.07, 6.45) is 0.959. The van der Waals surface area contributed by atoms with Crippen LogP contribution in [0.25, 0.3) is 0 Å². The molecule has 1 aliphatic carbocycles. The van der Waals surface area contributed by atoms with E-state index in [9.17, 15) is 9.59 Å². The summed E-state index contributed by atoms with van der Waals surface area (Å²) in [5, 5.41) is 0. The van der Waals surface area contributed by atoms with Crippen LogP contribution in [0.2, 0.25) is 5.82 Å². The van der Waals surface area contributed by atoms with E-state index in [1.54, 1.807) is 11.9 Å². The number of likely N-dealkylation sites (N-methyl/N-ethyl adjacent to an activating group) is 1. The van der Waals surface area contributed by atoms with Crippen molar-refractivity contribution in [3.05, 3.63) is 0 Å². The van der Waals surface area contributed by atoms with Gasteiger partial charge in [-0.2, -0.15) is 0 Å². The van der Waals surface area contributed by atoms with Crippen molar-refractivity contribution in [2.75, 3.05) is 20.1 Å². The van der Waals surface area contributed by atoms with Crippen LogP contribution in [0.15, 0.2) is 0 Å². The van der Waals surface area contributed by atoms with E-state index in [-0.39, 0.29) is 30.8 Å². The van der Waals surface area contributed by atoms with Gasteiger partial charge in [-0.1, -0.05) is 6.92 Å². The Hall–Kier alpha value is -1.04. The average molecular weight is 211 g/mol. The monoisotopic (exact) mass is 211 g/mol. The van der Waals surface area contributed by atoms with E-state index in [1.165, 1.54) is 0 Å². The molecule has 2 atom stereocenters. The average Bonchev–Trinajstić information content (AvgIpc) is 2.78. The molecule has 0 unspecified atom stereocenters. The summed E-state index contributed by atoms with van der Waals surface area (Å²) < 4.78 is 10.2. The summed E-state index contributed by atoms with van der Waals surface area (Å²) in [5.74, 6) is 0.0252. The highest BCUT2D eigenvalue weighted by molar-refractivity contribution is 6.52. The predicted octanol–water partition coefficient (Wildman–Crippen LogP) is -0.0836. The summed E-state index contributed by atoms with van der Waals surface area (Å²) in [7, 11) is 1.02. The van der Waals surface area contributed by atoms with Gasteiger partial charge in [-0.25, -0.2) is 0 Å². The van der Waals surface area contributed by atoms with Crippen LogP contribution in [0.1, 0.15) is 13.3 Å². The topological polar surface area (TPSA) is 55.8 Å². The van der Waals surface area contributed by atoms with Crippen molar-refractivity contribution in [2.24, 2.45) is 5.92 Å². The lowest BCUT2D eigenvalue weighted by molar-refractivity contribution is -0.145. The minimum absolute atomic E-state index is 0.146. The molecule has 1 saturated heterocycles. The van der Waals surface area contributed by atoms with E-state index in [4.69, 9.17) is 9.31 Å². The third-order valence-electron chi connectivity index (χ3n) is 2.81. The van der Waals surface area contributed by atoms with Gasteiger partial charge in [-0.05, 0) is 19.4 Å². The first-order chi connectivity index (χ1) is 7.06. The Morgan fingerprint density at radius 3 is 2.13 bits per heavy atom. The highest BCUT2D eigenvalue weighted by atomic mass is 16.6. The Balaban J connectivity index is 2.00. The van der Waals surface area contributed by atoms with E-state index in [2.05, 4.69) is 6.92 Å². The van der Waals surface area contributed by atoms with Crippen molar-refractivity contribution in [3.63, 3.8) is 0 Å². The van der Waals surface area contributed by atoms with Crippen LogP contribution in [0.5, 0.6) is 0 Å². The molecule has 2 fully saturated rings.